The van der Waals surface area contributed by atoms with E-state index in [9.17, 15) is 9.18 Å². The van der Waals surface area contributed by atoms with Gasteiger partial charge in [-0.1, -0.05) is 0 Å². The van der Waals surface area contributed by atoms with Crippen molar-refractivity contribution in [2.45, 2.75) is 19.4 Å². The van der Waals surface area contributed by atoms with Crippen molar-refractivity contribution in [1.29, 1.82) is 0 Å². The van der Waals surface area contributed by atoms with Gasteiger partial charge in [-0.25, -0.2) is 4.39 Å². The molecule has 1 aliphatic heterocycles. The summed E-state index contributed by atoms with van der Waals surface area (Å²) in [6.45, 7) is 2.90. The summed E-state index contributed by atoms with van der Waals surface area (Å²) in [6.07, 6.45) is 2.75. The van der Waals surface area contributed by atoms with Gasteiger partial charge < -0.3 is 9.30 Å². The Morgan fingerprint density at radius 1 is 1.50 bits per heavy atom. The quantitative estimate of drug-likeness (QED) is 0.764. The number of ketones is 1. The Kier molecular flexibility index (Phi) is 2.67. The van der Waals surface area contributed by atoms with Crippen LogP contribution >= 0.6 is 0 Å². The Bertz CT molecular complexity index is 612. The maximum Gasteiger partial charge on any atom is 0.161 e. The van der Waals surface area contributed by atoms with Gasteiger partial charge in [-0.15, -0.1) is 0 Å². The molecular formula is C14H14FNO2. The van der Waals surface area contributed by atoms with E-state index in [1.165, 1.54) is 19.1 Å². The van der Waals surface area contributed by atoms with Crippen LogP contribution in [0.1, 0.15) is 29.7 Å². The highest BCUT2D eigenvalue weighted by atomic mass is 19.1. The number of halogens is 1. The number of aromatic nitrogens is 1. The Balaban J connectivity index is 2.22. The number of Topliss-reactive ketones (excluding diaryl/α,β-unsaturated/α-hetero) is 1. The molecule has 3 nitrogen and oxygen atoms in total. The molecule has 1 aromatic heterocycles. The fourth-order valence-corrected chi connectivity index (χ4v) is 2.55. The second kappa shape index (κ2) is 4.21. The monoisotopic (exact) mass is 247 g/mol. The predicted molar refractivity (Wildman–Crippen MR) is 66.4 cm³/mol. The lowest BCUT2D eigenvalue weighted by Crippen LogP contribution is -2.07. The van der Waals surface area contributed by atoms with Gasteiger partial charge in [-0.3, -0.25) is 4.79 Å². The van der Waals surface area contributed by atoms with Crippen LogP contribution in [0.4, 0.5) is 4.39 Å². The third kappa shape index (κ3) is 1.73. The largest absolute Gasteiger partial charge is 0.379 e. The topological polar surface area (TPSA) is 31.2 Å². The zero-order valence-corrected chi connectivity index (χ0v) is 10.1. The number of rotatable bonds is 2. The molecule has 0 N–H and O–H groups in total. The number of benzene rings is 1. The molecule has 1 aromatic carbocycles. The third-order valence-electron chi connectivity index (χ3n) is 3.47. The fraction of sp³-hybridized carbons (Fsp3) is 0.357. The summed E-state index contributed by atoms with van der Waals surface area (Å²) >= 11 is 0. The van der Waals surface area contributed by atoms with E-state index in [0.717, 1.165) is 18.5 Å². The molecule has 1 atom stereocenters. The van der Waals surface area contributed by atoms with E-state index >= 15 is 0 Å². The Morgan fingerprint density at radius 2 is 2.33 bits per heavy atom. The van der Waals surface area contributed by atoms with Crippen molar-refractivity contribution in [1.82, 2.24) is 4.57 Å². The van der Waals surface area contributed by atoms with Gasteiger partial charge in [0.05, 0.1) is 12.6 Å². The fourth-order valence-electron chi connectivity index (χ4n) is 2.55. The molecule has 0 aliphatic carbocycles. The van der Waals surface area contributed by atoms with Gasteiger partial charge in [0.25, 0.3) is 0 Å². The van der Waals surface area contributed by atoms with E-state index in [1.54, 1.807) is 6.07 Å². The zero-order chi connectivity index (χ0) is 12.7. The lowest BCUT2D eigenvalue weighted by Gasteiger charge is -2.11. The first-order chi connectivity index (χ1) is 8.66. The molecule has 2 heterocycles. The molecule has 0 spiro atoms. The molecule has 3 rings (SSSR count). The van der Waals surface area contributed by atoms with Crippen molar-refractivity contribution in [3.05, 3.63) is 35.8 Å². The highest BCUT2D eigenvalue weighted by molar-refractivity contribution is 6.07. The van der Waals surface area contributed by atoms with Crippen molar-refractivity contribution in [3.63, 3.8) is 0 Å². The van der Waals surface area contributed by atoms with E-state index in [-0.39, 0.29) is 17.6 Å². The summed E-state index contributed by atoms with van der Waals surface area (Å²) in [5.74, 6) is -0.353. The molecular weight excluding hydrogens is 233 g/mol. The smallest absolute Gasteiger partial charge is 0.161 e. The molecule has 0 bridgehead atoms. The van der Waals surface area contributed by atoms with Gasteiger partial charge in [0, 0.05) is 29.3 Å². The van der Waals surface area contributed by atoms with Crippen LogP contribution in [0, 0.1) is 5.82 Å². The summed E-state index contributed by atoms with van der Waals surface area (Å²) in [5, 5.41) is 0.689. The number of fused-ring (bicyclic) bond motifs is 1. The highest BCUT2D eigenvalue weighted by Gasteiger charge is 2.21. The van der Waals surface area contributed by atoms with Crippen molar-refractivity contribution in [2.24, 2.45) is 0 Å². The van der Waals surface area contributed by atoms with Gasteiger partial charge in [0.1, 0.15) is 5.82 Å². The molecule has 0 amide bonds. The molecule has 1 saturated heterocycles. The van der Waals surface area contributed by atoms with Crippen LogP contribution in [0.25, 0.3) is 10.9 Å². The van der Waals surface area contributed by atoms with Crippen molar-refractivity contribution < 1.29 is 13.9 Å². The van der Waals surface area contributed by atoms with Crippen LogP contribution in [-0.2, 0) is 4.74 Å². The molecule has 0 unspecified atom stereocenters. The van der Waals surface area contributed by atoms with Gasteiger partial charge in [0.15, 0.2) is 5.78 Å². The average molecular weight is 247 g/mol. The minimum absolute atomic E-state index is 0.0386. The number of carbonyl (C=O) groups is 1. The van der Waals surface area contributed by atoms with Crippen LogP contribution in [-0.4, -0.2) is 23.6 Å². The number of hydrogen-bond acceptors (Lipinski definition) is 2. The van der Waals surface area contributed by atoms with Crippen LogP contribution in [0.3, 0.4) is 0 Å². The minimum atomic E-state index is -0.314. The second-order valence-electron chi connectivity index (χ2n) is 4.69. The normalized spacial score (nSPS) is 19.6. The Hall–Kier alpha value is -1.68. The van der Waals surface area contributed by atoms with E-state index in [2.05, 4.69) is 0 Å². The summed E-state index contributed by atoms with van der Waals surface area (Å²) in [4.78, 5) is 11.6. The van der Waals surface area contributed by atoms with E-state index in [1.807, 2.05) is 10.8 Å². The van der Waals surface area contributed by atoms with Gasteiger partial charge in [0.2, 0.25) is 0 Å². The first-order valence-corrected chi connectivity index (χ1v) is 6.05. The number of nitrogens with zero attached hydrogens (tertiary/aromatic N) is 1. The maximum atomic E-state index is 13.3. The number of ether oxygens (including phenoxy) is 1. The standard InChI is InChI=1S/C14H14FNO2/c1-9(17)13-7-16(11-4-5-18-8-11)14-3-2-10(15)6-12(13)14/h2-3,6-7,11H,4-5,8H2,1H3/t11-/m1/s1. The first kappa shape index (κ1) is 11.4. The lowest BCUT2D eigenvalue weighted by molar-refractivity contribution is 0.101. The number of hydrogen-bond donors (Lipinski definition) is 0. The maximum absolute atomic E-state index is 13.3. The van der Waals surface area contributed by atoms with Crippen molar-refractivity contribution in [2.75, 3.05) is 13.2 Å². The molecule has 0 radical (unpaired) electrons. The van der Waals surface area contributed by atoms with Crippen LogP contribution in [0.15, 0.2) is 24.4 Å². The van der Waals surface area contributed by atoms with Crippen LogP contribution < -0.4 is 0 Å². The van der Waals surface area contributed by atoms with Gasteiger partial charge >= 0.3 is 0 Å². The Morgan fingerprint density at radius 3 is 3.00 bits per heavy atom. The predicted octanol–water partition coefficient (Wildman–Crippen LogP) is 2.94. The molecule has 1 fully saturated rings. The molecule has 18 heavy (non-hydrogen) atoms. The van der Waals surface area contributed by atoms with Crippen molar-refractivity contribution in [3.8, 4) is 0 Å². The zero-order valence-electron chi connectivity index (χ0n) is 10.1. The molecule has 4 heteroatoms. The SMILES string of the molecule is CC(=O)c1cn([C@@H]2CCOC2)c2ccc(F)cc12. The minimum Gasteiger partial charge on any atom is -0.379 e. The van der Waals surface area contributed by atoms with Gasteiger partial charge in [-0.05, 0) is 31.5 Å². The van der Waals surface area contributed by atoms with Gasteiger partial charge in [-0.2, -0.15) is 0 Å². The Labute approximate surface area is 104 Å². The highest BCUT2D eigenvalue weighted by Crippen LogP contribution is 2.29. The molecule has 94 valence electrons. The van der Waals surface area contributed by atoms with Crippen LogP contribution in [0.5, 0.6) is 0 Å². The molecule has 2 aromatic rings. The van der Waals surface area contributed by atoms with E-state index in [4.69, 9.17) is 4.74 Å². The second-order valence-corrected chi connectivity index (χ2v) is 4.69. The van der Waals surface area contributed by atoms with E-state index < -0.39 is 0 Å². The average Bonchev–Trinajstić information content (AvgIpc) is 2.93. The van der Waals surface area contributed by atoms with Crippen LogP contribution in [0.2, 0.25) is 0 Å². The molecule has 1 aliphatic rings. The summed E-state index contributed by atoms with van der Waals surface area (Å²) in [5.41, 5.74) is 1.48. The summed E-state index contributed by atoms with van der Waals surface area (Å²) in [6, 6.07) is 4.83. The van der Waals surface area contributed by atoms with E-state index in [0.29, 0.717) is 17.6 Å². The lowest BCUT2D eigenvalue weighted by atomic mass is 10.1. The number of carbonyl (C=O) groups excluding carboxylic acids is 1. The molecule has 0 saturated carbocycles. The first-order valence-electron chi connectivity index (χ1n) is 6.05. The summed E-state index contributed by atoms with van der Waals surface area (Å²) < 4.78 is 20.7. The van der Waals surface area contributed by atoms with Crippen molar-refractivity contribution >= 4 is 16.7 Å². The third-order valence-corrected chi connectivity index (χ3v) is 3.47. The summed E-state index contributed by atoms with van der Waals surface area (Å²) in [7, 11) is 0.